The van der Waals surface area contributed by atoms with E-state index in [2.05, 4.69) is 10.6 Å². The first-order chi connectivity index (χ1) is 7.75. The average Bonchev–Trinajstić information content (AvgIpc) is 2.74. The van der Waals surface area contributed by atoms with Gasteiger partial charge >= 0.3 is 0 Å². The summed E-state index contributed by atoms with van der Waals surface area (Å²) in [6, 6.07) is 3.52. The van der Waals surface area contributed by atoms with Crippen molar-refractivity contribution in [2.45, 2.75) is 25.3 Å². The van der Waals surface area contributed by atoms with Crippen molar-refractivity contribution in [3.8, 4) is 0 Å². The van der Waals surface area contributed by atoms with Crippen molar-refractivity contribution in [2.75, 3.05) is 13.1 Å². The number of furan rings is 1. The average molecular weight is 243 g/mol. The topological polar surface area (TPSA) is 54.3 Å². The molecular weight excluding hydrogens is 228 g/mol. The van der Waals surface area contributed by atoms with E-state index in [9.17, 15) is 4.79 Å². The van der Waals surface area contributed by atoms with Gasteiger partial charge < -0.3 is 15.1 Å². The minimum Gasteiger partial charge on any atom is -0.440 e. The Bertz CT molecular complexity index is 359. The fraction of sp³-hybridized carbons (Fsp3) is 0.545. The molecule has 0 aliphatic carbocycles. The van der Waals surface area contributed by atoms with Crippen LogP contribution >= 0.6 is 11.6 Å². The minimum absolute atomic E-state index is 0.209. The van der Waals surface area contributed by atoms with Crippen LogP contribution in [0.3, 0.4) is 0 Å². The van der Waals surface area contributed by atoms with Crippen LogP contribution in [0.25, 0.3) is 0 Å². The Morgan fingerprint density at radius 3 is 3.06 bits per heavy atom. The van der Waals surface area contributed by atoms with Crippen molar-refractivity contribution in [1.82, 2.24) is 10.6 Å². The second-order valence-electron chi connectivity index (χ2n) is 3.96. The summed E-state index contributed by atoms with van der Waals surface area (Å²) in [4.78, 5) is 11.6. The van der Waals surface area contributed by atoms with E-state index < -0.39 is 0 Å². The van der Waals surface area contributed by atoms with Crippen LogP contribution in [-0.4, -0.2) is 25.0 Å². The number of piperidine rings is 1. The van der Waals surface area contributed by atoms with E-state index in [0.29, 0.717) is 12.6 Å². The molecule has 2 heterocycles. The van der Waals surface area contributed by atoms with Crippen LogP contribution in [0.1, 0.15) is 29.8 Å². The predicted octanol–water partition coefficient (Wildman–Crippen LogP) is 1.80. The highest BCUT2D eigenvalue weighted by atomic mass is 35.5. The number of carbonyl (C=O) groups is 1. The Kier molecular flexibility index (Phi) is 3.85. The molecule has 2 rings (SSSR count). The van der Waals surface area contributed by atoms with Crippen LogP contribution in [-0.2, 0) is 0 Å². The van der Waals surface area contributed by atoms with Gasteiger partial charge in [-0.2, -0.15) is 0 Å². The van der Waals surface area contributed by atoms with Gasteiger partial charge in [0.25, 0.3) is 5.91 Å². The van der Waals surface area contributed by atoms with Crippen LogP contribution < -0.4 is 10.6 Å². The number of carbonyl (C=O) groups excluding carboxylic acids is 1. The Labute approximate surface area is 99.3 Å². The first-order valence-electron chi connectivity index (χ1n) is 5.52. The third kappa shape index (κ3) is 3.00. The first kappa shape index (κ1) is 11.5. The van der Waals surface area contributed by atoms with Crippen molar-refractivity contribution in [3.63, 3.8) is 0 Å². The molecule has 0 bridgehead atoms. The van der Waals surface area contributed by atoms with Crippen LogP contribution in [0.4, 0.5) is 0 Å². The zero-order chi connectivity index (χ0) is 11.4. The van der Waals surface area contributed by atoms with Gasteiger partial charge in [0.1, 0.15) is 0 Å². The molecule has 1 aromatic heterocycles. The first-order valence-corrected chi connectivity index (χ1v) is 5.90. The number of hydrogen-bond acceptors (Lipinski definition) is 3. The molecule has 1 aliphatic rings. The quantitative estimate of drug-likeness (QED) is 0.850. The molecule has 16 heavy (non-hydrogen) atoms. The van der Waals surface area contributed by atoms with E-state index in [4.69, 9.17) is 16.0 Å². The molecule has 88 valence electrons. The predicted molar refractivity (Wildman–Crippen MR) is 61.7 cm³/mol. The molecule has 1 saturated heterocycles. The van der Waals surface area contributed by atoms with Gasteiger partial charge in [-0.15, -0.1) is 0 Å². The summed E-state index contributed by atoms with van der Waals surface area (Å²) in [5, 5.41) is 6.42. The molecule has 4 nitrogen and oxygen atoms in total. The lowest BCUT2D eigenvalue weighted by Gasteiger charge is -2.23. The second kappa shape index (κ2) is 5.37. The number of nitrogens with one attached hydrogen (secondary N) is 2. The molecule has 0 radical (unpaired) electrons. The molecule has 0 saturated carbocycles. The van der Waals surface area contributed by atoms with Gasteiger partial charge in [-0.3, -0.25) is 4.79 Å². The summed E-state index contributed by atoms with van der Waals surface area (Å²) in [5.74, 6) is 0.0556. The van der Waals surface area contributed by atoms with Gasteiger partial charge in [-0.25, -0.2) is 0 Å². The van der Waals surface area contributed by atoms with Crippen LogP contribution in [0.2, 0.25) is 5.22 Å². The standard InChI is InChI=1S/C11H15ClN2O2/c12-10-5-4-9(16-10)11(15)14-7-8-3-1-2-6-13-8/h4-5,8,13H,1-3,6-7H2,(H,14,15). The lowest BCUT2D eigenvalue weighted by atomic mass is 10.1. The van der Waals surface area contributed by atoms with Crippen molar-refractivity contribution < 1.29 is 9.21 Å². The Balaban J connectivity index is 1.79. The van der Waals surface area contributed by atoms with Gasteiger partial charge in [-0.1, -0.05) is 6.42 Å². The Hall–Kier alpha value is -1.00. The van der Waals surface area contributed by atoms with Crippen molar-refractivity contribution in [1.29, 1.82) is 0 Å². The molecular formula is C11H15ClN2O2. The van der Waals surface area contributed by atoms with E-state index in [-0.39, 0.29) is 16.9 Å². The van der Waals surface area contributed by atoms with Crippen LogP contribution in [0, 0.1) is 0 Å². The third-order valence-electron chi connectivity index (χ3n) is 2.72. The normalized spacial score (nSPS) is 20.7. The van der Waals surface area contributed by atoms with E-state index in [1.807, 2.05) is 0 Å². The molecule has 1 atom stereocenters. The lowest BCUT2D eigenvalue weighted by molar-refractivity contribution is 0.0920. The fourth-order valence-corrected chi connectivity index (χ4v) is 1.98. The molecule has 1 fully saturated rings. The summed E-state index contributed by atoms with van der Waals surface area (Å²) < 4.78 is 5.02. The molecule has 1 aromatic rings. The van der Waals surface area contributed by atoms with Gasteiger partial charge in [0.15, 0.2) is 11.0 Å². The molecule has 0 spiro atoms. The summed E-state index contributed by atoms with van der Waals surface area (Å²) in [6.45, 7) is 1.67. The maximum atomic E-state index is 11.6. The van der Waals surface area contributed by atoms with Gasteiger partial charge in [0.2, 0.25) is 0 Å². The zero-order valence-electron chi connectivity index (χ0n) is 8.96. The van der Waals surface area contributed by atoms with Crippen LogP contribution in [0.15, 0.2) is 16.5 Å². The Morgan fingerprint density at radius 2 is 2.44 bits per heavy atom. The van der Waals surface area contributed by atoms with E-state index in [1.165, 1.54) is 12.8 Å². The molecule has 1 amide bonds. The van der Waals surface area contributed by atoms with Gasteiger partial charge in [-0.05, 0) is 43.1 Å². The maximum Gasteiger partial charge on any atom is 0.287 e. The third-order valence-corrected chi connectivity index (χ3v) is 2.92. The smallest absolute Gasteiger partial charge is 0.287 e. The number of halogens is 1. The monoisotopic (exact) mass is 242 g/mol. The SMILES string of the molecule is O=C(NCC1CCCCN1)c1ccc(Cl)o1. The van der Waals surface area contributed by atoms with E-state index in [0.717, 1.165) is 13.0 Å². The number of rotatable bonds is 3. The van der Waals surface area contributed by atoms with Gasteiger partial charge in [0, 0.05) is 12.6 Å². The van der Waals surface area contributed by atoms with E-state index in [1.54, 1.807) is 12.1 Å². The Morgan fingerprint density at radius 1 is 1.56 bits per heavy atom. The molecule has 2 N–H and O–H groups in total. The van der Waals surface area contributed by atoms with Crippen molar-refractivity contribution >= 4 is 17.5 Å². The summed E-state index contributed by atoms with van der Waals surface area (Å²) in [6.07, 6.45) is 3.55. The van der Waals surface area contributed by atoms with Crippen molar-refractivity contribution in [2.24, 2.45) is 0 Å². The lowest BCUT2D eigenvalue weighted by Crippen LogP contribution is -2.43. The largest absolute Gasteiger partial charge is 0.440 e. The minimum atomic E-state index is -0.209. The van der Waals surface area contributed by atoms with Crippen LogP contribution in [0.5, 0.6) is 0 Å². The highest BCUT2D eigenvalue weighted by molar-refractivity contribution is 6.29. The highest BCUT2D eigenvalue weighted by Gasteiger charge is 2.15. The summed E-state index contributed by atoms with van der Waals surface area (Å²) in [7, 11) is 0. The van der Waals surface area contributed by atoms with Gasteiger partial charge in [0.05, 0.1) is 0 Å². The number of amides is 1. The fourth-order valence-electron chi connectivity index (χ4n) is 1.84. The molecule has 0 aromatic carbocycles. The van der Waals surface area contributed by atoms with Crippen molar-refractivity contribution in [3.05, 3.63) is 23.1 Å². The zero-order valence-corrected chi connectivity index (χ0v) is 9.72. The maximum absolute atomic E-state index is 11.6. The van der Waals surface area contributed by atoms with E-state index >= 15 is 0 Å². The number of hydrogen-bond donors (Lipinski definition) is 2. The summed E-state index contributed by atoms with van der Waals surface area (Å²) >= 11 is 5.59. The summed E-state index contributed by atoms with van der Waals surface area (Å²) in [5.41, 5.74) is 0. The molecule has 1 aliphatic heterocycles. The molecule has 1 unspecified atom stereocenters. The molecule has 5 heteroatoms. The second-order valence-corrected chi connectivity index (χ2v) is 4.33. The highest BCUT2D eigenvalue weighted by Crippen LogP contribution is 2.13.